The van der Waals surface area contributed by atoms with Gasteiger partial charge in [-0.1, -0.05) is 0 Å². The molecule has 5 nitrogen and oxygen atoms in total. The van der Waals surface area contributed by atoms with Crippen LogP contribution < -0.4 is 20.9 Å². The Labute approximate surface area is 117 Å². The fraction of sp³-hybridized carbons (Fsp3) is 0.154. The van der Waals surface area contributed by atoms with E-state index >= 15 is 0 Å². The van der Waals surface area contributed by atoms with Crippen LogP contribution in [0.25, 0.3) is 11.1 Å². The quantitative estimate of drug-likeness (QED) is 0.902. The van der Waals surface area contributed by atoms with Gasteiger partial charge in [0.05, 0.1) is 14.2 Å². The maximum Gasteiger partial charge on any atom is 0.133 e. The van der Waals surface area contributed by atoms with E-state index in [2.05, 4.69) is 4.98 Å². The van der Waals surface area contributed by atoms with Gasteiger partial charge in [0.25, 0.3) is 0 Å². The van der Waals surface area contributed by atoms with Crippen molar-refractivity contribution < 1.29 is 9.47 Å². The van der Waals surface area contributed by atoms with E-state index in [0.717, 1.165) is 16.9 Å². The number of halogens is 1. The third-order valence-electron chi connectivity index (χ3n) is 2.65. The maximum absolute atomic E-state index is 5.87. The topological polar surface area (TPSA) is 83.4 Å². The molecule has 2 aromatic rings. The van der Waals surface area contributed by atoms with Crippen LogP contribution in [-0.2, 0) is 0 Å². The van der Waals surface area contributed by atoms with Crippen molar-refractivity contribution in [2.24, 2.45) is 0 Å². The molecule has 1 aromatic heterocycles. The smallest absolute Gasteiger partial charge is 0.133 e. The standard InChI is InChI=1S/C13H15N3O2.ClH/c1-17-8-3-4-9(11(7-8)18-2)10-5-6-12(14)16-13(10)15;/h3-7H,1-2H3,(H4,14,15,16);1H. The van der Waals surface area contributed by atoms with Crippen LogP contribution in [0.15, 0.2) is 30.3 Å². The molecular weight excluding hydrogens is 266 g/mol. The van der Waals surface area contributed by atoms with Crippen LogP contribution in [0.1, 0.15) is 0 Å². The SMILES string of the molecule is COc1ccc(-c2ccc(N)nc2N)c(OC)c1.Cl. The highest BCUT2D eigenvalue weighted by molar-refractivity contribution is 5.85. The van der Waals surface area contributed by atoms with Crippen LogP contribution in [0.5, 0.6) is 11.5 Å². The summed E-state index contributed by atoms with van der Waals surface area (Å²) in [5.74, 6) is 2.16. The summed E-state index contributed by atoms with van der Waals surface area (Å²) in [6.07, 6.45) is 0. The first-order valence-electron chi connectivity index (χ1n) is 5.40. The summed E-state index contributed by atoms with van der Waals surface area (Å²) in [6.45, 7) is 0. The molecule has 0 atom stereocenters. The van der Waals surface area contributed by atoms with Gasteiger partial charge in [0.2, 0.25) is 0 Å². The predicted molar refractivity (Wildman–Crippen MR) is 78.8 cm³/mol. The molecule has 0 saturated carbocycles. The van der Waals surface area contributed by atoms with Gasteiger partial charge >= 0.3 is 0 Å². The van der Waals surface area contributed by atoms with E-state index in [4.69, 9.17) is 20.9 Å². The van der Waals surface area contributed by atoms with E-state index in [1.165, 1.54) is 0 Å². The highest BCUT2D eigenvalue weighted by Crippen LogP contribution is 2.35. The Morgan fingerprint density at radius 2 is 1.63 bits per heavy atom. The zero-order chi connectivity index (χ0) is 13.1. The lowest BCUT2D eigenvalue weighted by atomic mass is 10.1. The fourth-order valence-electron chi connectivity index (χ4n) is 1.74. The number of benzene rings is 1. The molecule has 6 heteroatoms. The number of rotatable bonds is 3. The molecule has 1 heterocycles. The summed E-state index contributed by atoms with van der Waals surface area (Å²) in [6, 6.07) is 9.04. The lowest BCUT2D eigenvalue weighted by Crippen LogP contribution is -1.99. The lowest BCUT2D eigenvalue weighted by molar-refractivity contribution is 0.395. The van der Waals surface area contributed by atoms with Crippen LogP contribution >= 0.6 is 12.4 Å². The van der Waals surface area contributed by atoms with Gasteiger partial charge in [-0.05, 0) is 24.3 Å². The van der Waals surface area contributed by atoms with Gasteiger partial charge < -0.3 is 20.9 Å². The number of nitrogen functional groups attached to an aromatic ring is 2. The van der Waals surface area contributed by atoms with Crippen molar-refractivity contribution in [3.8, 4) is 22.6 Å². The fourth-order valence-corrected chi connectivity index (χ4v) is 1.74. The number of nitrogens with zero attached hydrogens (tertiary/aromatic N) is 1. The van der Waals surface area contributed by atoms with Gasteiger partial charge in [-0.15, -0.1) is 12.4 Å². The summed E-state index contributed by atoms with van der Waals surface area (Å²) in [4.78, 5) is 4.04. The summed E-state index contributed by atoms with van der Waals surface area (Å²) in [5.41, 5.74) is 13.1. The van der Waals surface area contributed by atoms with E-state index < -0.39 is 0 Å². The second-order valence-electron chi connectivity index (χ2n) is 3.74. The van der Waals surface area contributed by atoms with E-state index in [1.54, 1.807) is 26.4 Å². The summed E-state index contributed by atoms with van der Waals surface area (Å²) < 4.78 is 10.5. The Bertz CT molecular complexity index is 576. The van der Waals surface area contributed by atoms with Gasteiger partial charge in [-0.2, -0.15) is 0 Å². The summed E-state index contributed by atoms with van der Waals surface area (Å²) in [7, 11) is 3.20. The summed E-state index contributed by atoms with van der Waals surface area (Å²) in [5, 5.41) is 0. The van der Waals surface area contributed by atoms with E-state index in [0.29, 0.717) is 17.4 Å². The van der Waals surface area contributed by atoms with Crippen molar-refractivity contribution in [2.45, 2.75) is 0 Å². The molecule has 0 aliphatic heterocycles. The molecule has 0 saturated heterocycles. The third kappa shape index (κ3) is 3.00. The van der Waals surface area contributed by atoms with Gasteiger partial charge in [0.1, 0.15) is 23.1 Å². The number of pyridine rings is 1. The normalized spacial score (nSPS) is 9.58. The molecule has 102 valence electrons. The Balaban J connectivity index is 0.00000180. The van der Waals surface area contributed by atoms with Crippen molar-refractivity contribution in [1.82, 2.24) is 4.98 Å². The number of methoxy groups -OCH3 is 2. The van der Waals surface area contributed by atoms with E-state index in [-0.39, 0.29) is 12.4 Å². The Morgan fingerprint density at radius 1 is 0.947 bits per heavy atom. The Kier molecular flexibility index (Phi) is 4.83. The second-order valence-corrected chi connectivity index (χ2v) is 3.74. The monoisotopic (exact) mass is 281 g/mol. The highest BCUT2D eigenvalue weighted by Gasteiger charge is 2.11. The van der Waals surface area contributed by atoms with Crippen molar-refractivity contribution in [3.05, 3.63) is 30.3 Å². The zero-order valence-corrected chi connectivity index (χ0v) is 11.5. The predicted octanol–water partition coefficient (Wildman–Crippen LogP) is 2.35. The van der Waals surface area contributed by atoms with Crippen molar-refractivity contribution in [2.75, 3.05) is 25.7 Å². The minimum atomic E-state index is 0. The second kappa shape index (κ2) is 6.15. The first-order chi connectivity index (χ1) is 8.65. The third-order valence-corrected chi connectivity index (χ3v) is 2.65. The number of hydrogen-bond acceptors (Lipinski definition) is 5. The van der Waals surface area contributed by atoms with Crippen molar-refractivity contribution >= 4 is 24.0 Å². The van der Waals surface area contributed by atoms with E-state index in [9.17, 15) is 0 Å². The van der Waals surface area contributed by atoms with Crippen molar-refractivity contribution in [1.29, 1.82) is 0 Å². The molecule has 1 aromatic carbocycles. The summed E-state index contributed by atoms with van der Waals surface area (Å²) >= 11 is 0. The van der Waals surface area contributed by atoms with Crippen LogP contribution in [-0.4, -0.2) is 19.2 Å². The average molecular weight is 282 g/mol. The van der Waals surface area contributed by atoms with Gasteiger partial charge in [-0.25, -0.2) is 4.98 Å². The first kappa shape index (κ1) is 14.9. The van der Waals surface area contributed by atoms with Crippen LogP contribution in [0.2, 0.25) is 0 Å². The molecule has 19 heavy (non-hydrogen) atoms. The number of ether oxygens (including phenoxy) is 2. The number of nitrogens with two attached hydrogens (primary N) is 2. The molecule has 0 bridgehead atoms. The number of hydrogen-bond donors (Lipinski definition) is 2. The van der Waals surface area contributed by atoms with Gasteiger partial charge in [0, 0.05) is 17.2 Å². The molecule has 2 rings (SSSR count). The Morgan fingerprint density at radius 3 is 2.21 bits per heavy atom. The average Bonchev–Trinajstić information content (AvgIpc) is 2.38. The lowest BCUT2D eigenvalue weighted by Gasteiger charge is -2.12. The van der Waals surface area contributed by atoms with Crippen LogP contribution in [0.3, 0.4) is 0 Å². The molecule has 4 N–H and O–H groups in total. The number of anilines is 2. The largest absolute Gasteiger partial charge is 0.497 e. The highest BCUT2D eigenvalue weighted by atomic mass is 35.5. The molecule has 0 aliphatic carbocycles. The molecule has 0 fully saturated rings. The molecule has 0 spiro atoms. The minimum Gasteiger partial charge on any atom is -0.497 e. The van der Waals surface area contributed by atoms with Crippen LogP contribution in [0.4, 0.5) is 11.6 Å². The van der Waals surface area contributed by atoms with Crippen molar-refractivity contribution in [3.63, 3.8) is 0 Å². The Hall–Kier alpha value is -2.14. The molecule has 0 aliphatic rings. The number of aromatic nitrogens is 1. The molecule has 0 amide bonds. The van der Waals surface area contributed by atoms with E-state index in [1.807, 2.05) is 18.2 Å². The molecule has 0 unspecified atom stereocenters. The van der Waals surface area contributed by atoms with Gasteiger partial charge in [-0.3, -0.25) is 0 Å². The maximum atomic E-state index is 5.87. The van der Waals surface area contributed by atoms with Crippen LogP contribution in [0, 0.1) is 0 Å². The zero-order valence-electron chi connectivity index (χ0n) is 10.7. The molecular formula is C13H16ClN3O2. The molecule has 0 radical (unpaired) electrons. The van der Waals surface area contributed by atoms with Gasteiger partial charge in [0.15, 0.2) is 0 Å². The minimum absolute atomic E-state index is 0. The first-order valence-corrected chi connectivity index (χ1v) is 5.40.